The van der Waals surface area contributed by atoms with Gasteiger partial charge >= 0.3 is 6.03 Å². The molecular weight excluding hydrogens is 387 g/mol. The third-order valence-corrected chi connectivity index (χ3v) is 3.09. The Morgan fingerprint density at radius 3 is 2.81 bits per heavy atom. The fourth-order valence-electron chi connectivity index (χ4n) is 1.49. The van der Waals surface area contributed by atoms with E-state index in [0.717, 1.165) is 3.57 Å². The van der Waals surface area contributed by atoms with Gasteiger partial charge < -0.3 is 14.5 Å². The van der Waals surface area contributed by atoms with Crippen LogP contribution < -0.4 is 15.4 Å². The predicted octanol–water partition coefficient (Wildman–Crippen LogP) is 2.29. The van der Waals surface area contributed by atoms with Crippen molar-refractivity contribution >= 4 is 34.5 Å². The van der Waals surface area contributed by atoms with Crippen LogP contribution in [0.1, 0.15) is 5.76 Å². The van der Waals surface area contributed by atoms with Crippen molar-refractivity contribution in [3.63, 3.8) is 0 Å². The molecule has 0 atom stereocenters. The smallest absolute Gasteiger partial charge is 0.321 e. The normalized spacial score (nSPS) is 9.95. The number of carbonyl (C=O) groups excluding carboxylic acids is 2. The average molecular weight is 400 g/mol. The zero-order valence-electron chi connectivity index (χ0n) is 11.0. The summed E-state index contributed by atoms with van der Waals surface area (Å²) in [7, 11) is 0. The Morgan fingerprint density at radius 1 is 1.24 bits per heavy atom. The first-order chi connectivity index (χ1) is 10.1. The molecule has 1 aromatic heterocycles. The molecule has 110 valence electrons. The molecule has 0 spiro atoms. The molecule has 0 aliphatic carbocycles. The Balaban J connectivity index is 1.70. The first-order valence-corrected chi connectivity index (χ1v) is 7.20. The zero-order valence-corrected chi connectivity index (χ0v) is 13.1. The number of benzene rings is 1. The van der Waals surface area contributed by atoms with Crippen molar-refractivity contribution in [3.05, 3.63) is 52.0 Å². The first-order valence-electron chi connectivity index (χ1n) is 6.12. The topological polar surface area (TPSA) is 80.6 Å². The van der Waals surface area contributed by atoms with Gasteiger partial charge in [-0.25, -0.2) is 4.79 Å². The SMILES string of the molecule is O=C(COc1cccc(I)c1)NC(=O)NCc1ccco1. The number of hydrogen-bond acceptors (Lipinski definition) is 4. The van der Waals surface area contributed by atoms with Gasteiger partial charge in [-0.1, -0.05) is 6.07 Å². The van der Waals surface area contributed by atoms with Gasteiger partial charge in [0.25, 0.3) is 5.91 Å². The van der Waals surface area contributed by atoms with Crippen LogP contribution in [0.15, 0.2) is 47.1 Å². The molecule has 7 heteroatoms. The Kier molecular flexibility index (Phi) is 5.61. The number of carbonyl (C=O) groups is 2. The van der Waals surface area contributed by atoms with Gasteiger partial charge in [0.15, 0.2) is 6.61 Å². The molecule has 0 aliphatic rings. The molecule has 0 fully saturated rings. The summed E-state index contributed by atoms with van der Waals surface area (Å²) in [6.07, 6.45) is 1.51. The lowest BCUT2D eigenvalue weighted by atomic mass is 10.3. The Morgan fingerprint density at radius 2 is 2.10 bits per heavy atom. The van der Waals surface area contributed by atoms with Gasteiger partial charge in [-0.3, -0.25) is 10.1 Å². The Bertz CT molecular complexity index is 613. The summed E-state index contributed by atoms with van der Waals surface area (Å²) >= 11 is 2.14. The average Bonchev–Trinajstić information content (AvgIpc) is 2.96. The highest BCUT2D eigenvalue weighted by Crippen LogP contribution is 2.14. The van der Waals surface area contributed by atoms with Crippen LogP contribution in [0.2, 0.25) is 0 Å². The number of hydrogen-bond donors (Lipinski definition) is 2. The molecule has 0 radical (unpaired) electrons. The molecule has 1 aromatic carbocycles. The van der Waals surface area contributed by atoms with E-state index in [-0.39, 0.29) is 13.2 Å². The number of furan rings is 1. The third kappa shape index (κ3) is 5.46. The largest absolute Gasteiger partial charge is 0.484 e. The summed E-state index contributed by atoms with van der Waals surface area (Å²) in [6, 6.07) is 10.1. The van der Waals surface area contributed by atoms with E-state index in [0.29, 0.717) is 11.5 Å². The molecule has 2 N–H and O–H groups in total. The lowest BCUT2D eigenvalue weighted by Gasteiger charge is -2.07. The minimum Gasteiger partial charge on any atom is -0.484 e. The number of ether oxygens (including phenoxy) is 1. The molecule has 3 amide bonds. The van der Waals surface area contributed by atoms with Crippen molar-refractivity contribution in [1.82, 2.24) is 10.6 Å². The summed E-state index contributed by atoms with van der Waals surface area (Å²) in [6.45, 7) is -0.0158. The molecule has 0 saturated carbocycles. The second kappa shape index (κ2) is 7.67. The lowest BCUT2D eigenvalue weighted by molar-refractivity contribution is -0.122. The van der Waals surface area contributed by atoms with Crippen LogP contribution in [-0.4, -0.2) is 18.5 Å². The number of rotatable bonds is 5. The number of halogens is 1. The van der Waals surface area contributed by atoms with Crippen molar-refractivity contribution in [2.75, 3.05) is 6.61 Å². The van der Waals surface area contributed by atoms with E-state index in [2.05, 4.69) is 33.2 Å². The molecule has 0 unspecified atom stereocenters. The number of imide groups is 1. The standard InChI is InChI=1S/C14H13IN2O4/c15-10-3-1-4-11(7-10)21-9-13(18)17-14(19)16-8-12-5-2-6-20-12/h1-7H,8-9H2,(H2,16,17,18,19). The van der Waals surface area contributed by atoms with Crippen LogP contribution in [0, 0.1) is 3.57 Å². The predicted molar refractivity (Wildman–Crippen MR) is 83.7 cm³/mol. The highest BCUT2D eigenvalue weighted by molar-refractivity contribution is 14.1. The van der Waals surface area contributed by atoms with Crippen LogP contribution in [0.25, 0.3) is 0 Å². The van der Waals surface area contributed by atoms with Crippen molar-refractivity contribution < 1.29 is 18.7 Å². The van der Waals surface area contributed by atoms with Crippen LogP contribution in [-0.2, 0) is 11.3 Å². The molecule has 2 rings (SSSR count). The first kappa shape index (κ1) is 15.4. The number of nitrogens with one attached hydrogen (secondary N) is 2. The molecular formula is C14H13IN2O4. The summed E-state index contributed by atoms with van der Waals surface area (Å²) < 4.78 is 11.3. The highest BCUT2D eigenvalue weighted by atomic mass is 127. The third-order valence-electron chi connectivity index (χ3n) is 2.42. The van der Waals surface area contributed by atoms with Gasteiger partial charge in [-0.15, -0.1) is 0 Å². The van der Waals surface area contributed by atoms with Crippen LogP contribution in [0.5, 0.6) is 5.75 Å². The lowest BCUT2D eigenvalue weighted by Crippen LogP contribution is -2.41. The maximum absolute atomic E-state index is 11.6. The summed E-state index contributed by atoms with van der Waals surface area (Å²) in [5, 5.41) is 4.67. The van der Waals surface area contributed by atoms with E-state index in [9.17, 15) is 9.59 Å². The summed E-state index contributed by atoms with van der Waals surface area (Å²) in [5.41, 5.74) is 0. The minimum absolute atomic E-state index is 0.212. The maximum Gasteiger partial charge on any atom is 0.321 e. The molecule has 0 aliphatic heterocycles. The molecule has 2 aromatic rings. The van der Waals surface area contributed by atoms with Crippen molar-refractivity contribution in [3.8, 4) is 5.75 Å². The van der Waals surface area contributed by atoms with Crippen LogP contribution in [0.3, 0.4) is 0 Å². The van der Waals surface area contributed by atoms with E-state index in [1.807, 2.05) is 12.1 Å². The summed E-state index contributed by atoms with van der Waals surface area (Å²) in [4.78, 5) is 23.0. The molecule has 21 heavy (non-hydrogen) atoms. The van der Waals surface area contributed by atoms with Crippen molar-refractivity contribution in [1.29, 1.82) is 0 Å². The second-order valence-corrected chi connectivity index (χ2v) is 5.30. The minimum atomic E-state index is -0.595. The zero-order chi connectivity index (χ0) is 15.1. The number of amides is 3. The van der Waals surface area contributed by atoms with Crippen molar-refractivity contribution in [2.45, 2.75) is 6.54 Å². The summed E-state index contributed by atoms with van der Waals surface area (Å²) in [5.74, 6) is 0.659. The molecule has 6 nitrogen and oxygen atoms in total. The fraction of sp³-hybridized carbons (Fsp3) is 0.143. The molecule has 1 heterocycles. The van der Waals surface area contributed by atoms with Crippen LogP contribution >= 0.6 is 22.6 Å². The van der Waals surface area contributed by atoms with Crippen molar-refractivity contribution in [2.24, 2.45) is 0 Å². The highest BCUT2D eigenvalue weighted by Gasteiger charge is 2.08. The van der Waals surface area contributed by atoms with Crippen LogP contribution in [0.4, 0.5) is 4.79 Å². The van der Waals surface area contributed by atoms with E-state index in [1.54, 1.807) is 24.3 Å². The molecule has 0 saturated heterocycles. The van der Waals surface area contributed by atoms with E-state index in [4.69, 9.17) is 9.15 Å². The van der Waals surface area contributed by atoms with Gasteiger partial charge in [0.2, 0.25) is 0 Å². The molecule has 0 bridgehead atoms. The van der Waals surface area contributed by atoms with E-state index in [1.165, 1.54) is 6.26 Å². The fourth-order valence-corrected chi connectivity index (χ4v) is 2.01. The monoisotopic (exact) mass is 400 g/mol. The van der Waals surface area contributed by atoms with Gasteiger partial charge in [0.05, 0.1) is 12.8 Å². The van der Waals surface area contributed by atoms with Gasteiger partial charge in [-0.05, 0) is 52.9 Å². The quantitative estimate of drug-likeness (QED) is 0.755. The van der Waals surface area contributed by atoms with Gasteiger partial charge in [0, 0.05) is 3.57 Å². The number of urea groups is 1. The van der Waals surface area contributed by atoms with Gasteiger partial charge in [-0.2, -0.15) is 0 Å². The van der Waals surface area contributed by atoms with E-state index < -0.39 is 11.9 Å². The Labute approximate surface area is 135 Å². The van der Waals surface area contributed by atoms with Gasteiger partial charge in [0.1, 0.15) is 11.5 Å². The maximum atomic E-state index is 11.6. The second-order valence-electron chi connectivity index (χ2n) is 4.06. The Hall–Kier alpha value is -2.03. The van der Waals surface area contributed by atoms with E-state index >= 15 is 0 Å².